The van der Waals surface area contributed by atoms with Crippen molar-refractivity contribution in [2.75, 3.05) is 25.6 Å². The molecule has 0 saturated heterocycles. The van der Waals surface area contributed by atoms with Gasteiger partial charge in [0.1, 0.15) is 12.4 Å². The fourth-order valence-electron chi connectivity index (χ4n) is 1.94. The van der Waals surface area contributed by atoms with Crippen molar-refractivity contribution >= 4 is 5.69 Å². The number of ether oxygens (including phenoxy) is 2. The summed E-state index contributed by atoms with van der Waals surface area (Å²) in [7, 11) is 1.66. The highest BCUT2D eigenvalue weighted by Gasteiger charge is 2.05. The number of rotatable bonds is 7. The minimum absolute atomic E-state index is 0.566. The van der Waals surface area contributed by atoms with Crippen LogP contribution in [-0.4, -0.2) is 30.5 Å². The number of aryl methyl sites for hydroxylation is 2. The maximum absolute atomic E-state index is 5.52. The Morgan fingerprint density at radius 2 is 1.90 bits per heavy atom. The molecule has 108 valence electrons. The molecule has 0 spiro atoms. The highest BCUT2D eigenvalue weighted by molar-refractivity contribution is 5.47. The van der Waals surface area contributed by atoms with Crippen LogP contribution in [0.2, 0.25) is 0 Å². The van der Waals surface area contributed by atoms with E-state index in [9.17, 15) is 0 Å². The Balaban J connectivity index is 1.88. The van der Waals surface area contributed by atoms with Gasteiger partial charge in [-0.3, -0.25) is 5.10 Å². The summed E-state index contributed by atoms with van der Waals surface area (Å²) in [6.07, 6.45) is 0. The van der Waals surface area contributed by atoms with Crippen LogP contribution in [0.3, 0.4) is 0 Å². The van der Waals surface area contributed by atoms with Gasteiger partial charge in [0.25, 0.3) is 0 Å². The van der Waals surface area contributed by atoms with E-state index in [-0.39, 0.29) is 0 Å². The normalized spacial score (nSPS) is 10.6. The maximum Gasteiger partial charge on any atom is 0.119 e. The first-order chi connectivity index (χ1) is 9.70. The average molecular weight is 275 g/mol. The van der Waals surface area contributed by atoms with Crippen molar-refractivity contribution in [2.24, 2.45) is 0 Å². The number of nitrogens with one attached hydrogen (secondary N) is 2. The van der Waals surface area contributed by atoms with Gasteiger partial charge in [0.05, 0.1) is 12.3 Å². The SMILES string of the molecule is COCCOc1ccc(NCc2c(C)n[nH]c2C)cc1. The molecule has 1 heterocycles. The van der Waals surface area contributed by atoms with Crippen LogP contribution in [0.4, 0.5) is 5.69 Å². The number of aromatic nitrogens is 2. The molecule has 2 aromatic rings. The van der Waals surface area contributed by atoms with Crippen LogP contribution in [0, 0.1) is 13.8 Å². The minimum Gasteiger partial charge on any atom is -0.491 e. The number of benzene rings is 1. The van der Waals surface area contributed by atoms with E-state index in [1.54, 1.807) is 7.11 Å². The van der Waals surface area contributed by atoms with Crippen LogP contribution in [0.5, 0.6) is 5.75 Å². The van der Waals surface area contributed by atoms with Crippen molar-refractivity contribution in [1.82, 2.24) is 10.2 Å². The Kier molecular flexibility index (Phi) is 5.01. The zero-order valence-corrected chi connectivity index (χ0v) is 12.2. The number of methoxy groups -OCH3 is 1. The van der Waals surface area contributed by atoms with E-state index in [4.69, 9.17) is 9.47 Å². The molecule has 0 radical (unpaired) electrons. The molecule has 0 saturated carbocycles. The number of anilines is 1. The fourth-order valence-corrected chi connectivity index (χ4v) is 1.94. The number of aromatic amines is 1. The fraction of sp³-hybridized carbons (Fsp3) is 0.400. The summed E-state index contributed by atoms with van der Waals surface area (Å²) in [5.41, 5.74) is 4.42. The molecule has 0 aliphatic rings. The van der Waals surface area contributed by atoms with E-state index in [2.05, 4.69) is 15.5 Å². The summed E-state index contributed by atoms with van der Waals surface area (Å²) in [5, 5.41) is 10.6. The van der Waals surface area contributed by atoms with Crippen molar-refractivity contribution in [3.8, 4) is 5.75 Å². The van der Waals surface area contributed by atoms with Gasteiger partial charge in [-0.25, -0.2) is 0 Å². The van der Waals surface area contributed by atoms with Crippen LogP contribution in [0.15, 0.2) is 24.3 Å². The molecule has 5 nitrogen and oxygen atoms in total. The molecule has 0 bridgehead atoms. The van der Waals surface area contributed by atoms with Crippen molar-refractivity contribution in [3.05, 3.63) is 41.2 Å². The van der Waals surface area contributed by atoms with Crippen LogP contribution in [0.25, 0.3) is 0 Å². The van der Waals surface area contributed by atoms with Crippen LogP contribution in [-0.2, 0) is 11.3 Å². The average Bonchev–Trinajstić information content (AvgIpc) is 2.78. The van der Waals surface area contributed by atoms with Gasteiger partial charge in [-0.2, -0.15) is 5.10 Å². The molecule has 0 amide bonds. The van der Waals surface area contributed by atoms with Crippen molar-refractivity contribution in [1.29, 1.82) is 0 Å². The molecule has 0 fully saturated rings. The van der Waals surface area contributed by atoms with Crippen molar-refractivity contribution < 1.29 is 9.47 Å². The highest BCUT2D eigenvalue weighted by atomic mass is 16.5. The molecule has 0 aliphatic heterocycles. The lowest BCUT2D eigenvalue weighted by atomic mass is 10.2. The largest absolute Gasteiger partial charge is 0.491 e. The van der Waals surface area contributed by atoms with Gasteiger partial charge >= 0.3 is 0 Å². The third-order valence-corrected chi connectivity index (χ3v) is 3.16. The Morgan fingerprint density at radius 3 is 2.50 bits per heavy atom. The van der Waals surface area contributed by atoms with Gasteiger partial charge < -0.3 is 14.8 Å². The molecule has 1 aromatic heterocycles. The molecule has 0 unspecified atom stereocenters. The quantitative estimate of drug-likeness (QED) is 0.763. The van der Waals surface area contributed by atoms with Gasteiger partial charge in [0, 0.05) is 30.6 Å². The molecular weight excluding hydrogens is 254 g/mol. The van der Waals surface area contributed by atoms with Gasteiger partial charge in [-0.05, 0) is 38.1 Å². The van der Waals surface area contributed by atoms with Gasteiger partial charge in [-0.15, -0.1) is 0 Å². The predicted molar refractivity (Wildman–Crippen MR) is 79.2 cm³/mol. The second kappa shape index (κ2) is 6.96. The van der Waals surface area contributed by atoms with Gasteiger partial charge in [-0.1, -0.05) is 0 Å². The Morgan fingerprint density at radius 1 is 1.15 bits per heavy atom. The van der Waals surface area contributed by atoms with E-state index in [1.165, 1.54) is 5.56 Å². The highest BCUT2D eigenvalue weighted by Crippen LogP contribution is 2.17. The lowest BCUT2D eigenvalue weighted by Gasteiger charge is -2.09. The third kappa shape index (κ3) is 3.74. The first-order valence-electron chi connectivity index (χ1n) is 6.67. The van der Waals surface area contributed by atoms with Crippen molar-refractivity contribution in [3.63, 3.8) is 0 Å². The molecule has 20 heavy (non-hydrogen) atoms. The summed E-state index contributed by atoms with van der Waals surface area (Å²) in [5.74, 6) is 0.850. The summed E-state index contributed by atoms with van der Waals surface area (Å²) in [4.78, 5) is 0. The number of hydrogen-bond acceptors (Lipinski definition) is 4. The van der Waals surface area contributed by atoms with Gasteiger partial charge in [0.15, 0.2) is 0 Å². The first-order valence-corrected chi connectivity index (χ1v) is 6.67. The lowest BCUT2D eigenvalue weighted by molar-refractivity contribution is 0.146. The second-order valence-corrected chi connectivity index (χ2v) is 4.63. The van der Waals surface area contributed by atoms with Crippen LogP contribution < -0.4 is 10.1 Å². The topological polar surface area (TPSA) is 59.2 Å². The first kappa shape index (κ1) is 14.4. The zero-order valence-electron chi connectivity index (χ0n) is 12.2. The minimum atomic E-state index is 0.566. The standard InChI is InChI=1S/C15H21N3O2/c1-11-15(12(2)18-17-11)10-16-13-4-6-14(7-5-13)20-9-8-19-3/h4-7,16H,8-10H2,1-3H3,(H,17,18). The molecule has 2 N–H and O–H groups in total. The Labute approximate surface area is 119 Å². The lowest BCUT2D eigenvalue weighted by Crippen LogP contribution is -2.04. The molecule has 2 rings (SSSR count). The summed E-state index contributed by atoms with van der Waals surface area (Å²) in [6.45, 7) is 5.96. The van der Waals surface area contributed by atoms with Crippen molar-refractivity contribution in [2.45, 2.75) is 20.4 Å². The third-order valence-electron chi connectivity index (χ3n) is 3.16. The second-order valence-electron chi connectivity index (χ2n) is 4.63. The number of H-pyrrole nitrogens is 1. The van der Waals surface area contributed by atoms with E-state index >= 15 is 0 Å². The Hall–Kier alpha value is -2.01. The number of hydrogen-bond donors (Lipinski definition) is 2. The summed E-state index contributed by atoms with van der Waals surface area (Å²) in [6, 6.07) is 7.92. The summed E-state index contributed by atoms with van der Waals surface area (Å²) >= 11 is 0. The Bertz CT molecular complexity index is 515. The summed E-state index contributed by atoms with van der Waals surface area (Å²) < 4.78 is 10.5. The predicted octanol–water partition coefficient (Wildman–Crippen LogP) is 2.66. The van der Waals surface area contributed by atoms with Crippen LogP contribution >= 0.6 is 0 Å². The van der Waals surface area contributed by atoms with E-state index in [0.717, 1.165) is 29.4 Å². The van der Waals surface area contributed by atoms with E-state index < -0.39 is 0 Å². The zero-order chi connectivity index (χ0) is 14.4. The van der Waals surface area contributed by atoms with Gasteiger partial charge in [0.2, 0.25) is 0 Å². The van der Waals surface area contributed by atoms with E-state index in [0.29, 0.717) is 13.2 Å². The van der Waals surface area contributed by atoms with E-state index in [1.807, 2.05) is 38.1 Å². The van der Waals surface area contributed by atoms with Crippen LogP contribution in [0.1, 0.15) is 17.0 Å². The molecule has 0 aliphatic carbocycles. The molecule has 0 atom stereocenters. The molecule has 5 heteroatoms. The molecule has 1 aromatic carbocycles. The number of nitrogens with zero attached hydrogens (tertiary/aromatic N) is 1. The smallest absolute Gasteiger partial charge is 0.119 e. The monoisotopic (exact) mass is 275 g/mol. The molecular formula is C15H21N3O2. The maximum atomic E-state index is 5.52.